The molecule has 0 aliphatic carbocycles. The van der Waals surface area contributed by atoms with Gasteiger partial charge in [-0.3, -0.25) is 0 Å². The second-order valence-electron chi connectivity index (χ2n) is 4.04. The van der Waals surface area contributed by atoms with Crippen molar-refractivity contribution in [2.75, 3.05) is 0 Å². The molecule has 2 atom stereocenters. The molecule has 0 spiro atoms. The molecule has 0 amide bonds. The van der Waals surface area contributed by atoms with Crippen molar-refractivity contribution < 1.29 is 10.2 Å². The second-order valence-corrected chi connectivity index (χ2v) is 4.04. The molecule has 0 saturated heterocycles. The molecular formula is C11H15ClN2O2. The molecule has 4 nitrogen and oxygen atoms in total. The topological polar surface area (TPSA) is 64.9 Å². The third-order valence-corrected chi connectivity index (χ3v) is 2.66. The summed E-state index contributed by atoms with van der Waals surface area (Å²) in [6, 6.07) is 9.38. The van der Waals surface area contributed by atoms with E-state index in [1.807, 2.05) is 30.3 Å². The van der Waals surface area contributed by atoms with Gasteiger partial charge in [0, 0.05) is 5.56 Å². The Bertz CT molecular complexity index is 402. The molecule has 16 heavy (non-hydrogen) atoms. The van der Waals surface area contributed by atoms with E-state index in [-0.39, 0.29) is 12.4 Å². The Morgan fingerprint density at radius 3 is 2.12 bits per heavy atom. The zero-order valence-electron chi connectivity index (χ0n) is 9.14. The van der Waals surface area contributed by atoms with Gasteiger partial charge in [-0.05, 0) is 13.8 Å². The summed E-state index contributed by atoms with van der Waals surface area (Å²) < 4.78 is 0. The van der Waals surface area contributed by atoms with Crippen LogP contribution in [-0.4, -0.2) is 27.5 Å². The summed E-state index contributed by atoms with van der Waals surface area (Å²) >= 11 is 0. The predicted octanol–water partition coefficient (Wildman–Crippen LogP) is 0.875. The highest BCUT2D eigenvalue weighted by molar-refractivity contribution is 6.00. The molecule has 88 valence electrons. The summed E-state index contributed by atoms with van der Waals surface area (Å²) in [5.74, 6) is 0.505. The molecule has 0 bridgehead atoms. The summed E-state index contributed by atoms with van der Waals surface area (Å²) in [6.45, 7) is 2.96. The van der Waals surface area contributed by atoms with Gasteiger partial charge in [0.2, 0.25) is 5.72 Å². The van der Waals surface area contributed by atoms with Gasteiger partial charge < -0.3 is 15.5 Å². The third kappa shape index (κ3) is 2.04. The minimum atomic E-state index is -1.50. The first-order chi connectivity index (χ1) is 6.92. The van der Waals surface area contributed by atoms with Crippen molar-refractivity contribution in [2.45, 2.75) is 25.3 Å². The van der Waals surface area contributed by atoms with Gasteiger partial charge in [-0.1, -0.05) is 30.3 Å². The first kappa shape index (κ1) is 13.0. The van der Waals surface area contributed by atoms with E-state index in [1.54, 1.807) is 0 Å². The minimum absolute atomic E-state index is 0. The van der Waals surface area contributed by atoms with Crippen molar-refractivity contribution in [3.05, 3.63) is 35.9 Å². The fourth-order valence-electron chi connectivity index (χ4n) is 1.44. The molecule has 0 radical (unpaired) electrons. The van der Waals surface area contributed by atoms with Crippen molar-refractivity contribution in [3.8, 4) is 0 Å². The fourth-order valence-corrected chi connectivity index (χ4v) is 1.44. The van der Waals surface area contributed by atoms with Crippen molar-refractivity contribution in [1.29, 1.82) is 0 Å². The van der Waals surface area contributed by atoms with Gasteiger partial charge in [-0.15, -0.1) is 12.4 Å². The van der Waals surface area contributed by atoms with Crippen LogP contribution in [0.4, 0.5) is 0 Å². The Labute approximate surface area is 100 Å². The Hall–Kier alpha value is -1.10. The largest absolute Gasteiger partial charge is 0.367 e. The van der Waals surface area contributed by atoms with E-state index in [0.29, 0.717) is 5.84 Å². The van der Waals surface area contributed by atoms with E-state index in [2.05, 4.69) is 10.3 Å². The lowest BCUT2D eigenvalue weighted by molar-refractivity contribution is -0.122. The van der Waals surface area contributed by atoms with Gasteiger partial charge in [-0.2, -0.15) is 0 Å². The summed E-state index contributed by atoms with van der Waals surface area (Å²) in [5, 5.41) is 22.5. The number of halogens is 1. The summed E-state index contributed by atoms with van der Waals surface area (Å²) in [4.78, 5) is 4.05. The van der Waals surface area contributed by atoms with E-state index in [1.165, 1.54) is 13.8 Å². The third-order valence-electron chi connectivity index (χ3n) is 2.66. The first-order valence-electron chi connectivity index (χ1n) is 4.81. The number of hydrogen-bond donors (Lipinski definition) is 3. The van der Waals surface area contributed by atoms with Gasteiger partial charge in [0.25, 0.3) is 0 Å². The standard InChI is InChI=1S/C11H14N2O2.ClH/c1-10(14)11(2,15)13-9(12-10)8-6-4-3-5-7-8;/h3-7,14-15H,1-2H3,(H,12,13);1H. The number of amidine groups is 1. The molecule has 0 saturated carbocycles. The molecular weight excluding hydrogens is 228 g/mol. The molecule has 1 heterocycles. The molecule has 2 unspecified atom stereocenters. The maximum absolute atomic E-state index is 9.88. The summed E-state index contributed by atoms with van der Waals surface area (Å²) in [6.07, 6.45) is 0. The quantitative estimate of drug-likeness (QED) is 0.685. The van der Waals surface area contributed by atoms with Crippen LogP contribution in [0.1, 0.15) is 19.4 Å². The monoisotopic (exact) mass is 242 g/mol. The van der Waals surface area contributed by atoms with Crippen LogP contribution in [0.5, 0.6) is 0 Å². The zero-order chi connectivity index (χ0) is 11.1. The van der Waals surface area contributed by atoms with E-state index >= 15 is 0 Å². The molecule has 5 heteroatoms. The molecule has 1 aromatic rings. The van der Waals surface area contributed by atoms with Gasteiger partial charge in [0.15, 0.2) is 5.72 Å². The molecule has 3 N–H and O–H groups in total. The average molecular weight is 243 g/mol. The van der Waals surface area contributed by atoms with Crippen molar-refractivity contribution in [2.24, 2.45) is 4.99 Å². The van der Waals surface area contributed by atoms with Crippen LogP contribution in [0, 0.1) is 0 Å². The zero-order valence-corrected chi connectivity index (χ0v) is 9.95. The highest BCUT2D eigenvalue weighted by atomic mass is 35.5. The van der Waals surface area contributed by atoms with E-state index in [9.17, 15) is 10.2 Å². The molecule has 1 aromatic carbocycles. The van der Waals surface area contributed by atoms with Gasteiger partial charge >= 0.3 is 0 Å². The van der Waals surface area contributed by atoms with Crippen LogP contribution in [0.2, 0.25) is 0 Å². The lowest BCUT2D eigenvalue weighted by atomic mass is 10.1. The Balaban J connectivity index is 0.00000128. The number of hydrogen-bond acceptors (Lipinski definition) is 4. The van der Waals surface area contributed by atoms with Crippen molar-refractivity contribution >= 4 is 18.2 Å². The number of rotatable bonds is 1. The second kappa shape index (κ2) is 4.05. The van der Waals surface area contributed by atoms with Crippen LogP contribution in [0.3, 0.4) is 0 Å². The Kier molecular flexibility index (Phi) is 3.28. The van der Waals surface area contributed by atoms with E-state index in [0.717, 1.165) is 5.56 Å². The molecule has 0 fully saturated rings. The van der Waals surface area contributed by atoms with Crippen LogP contribution >= 0.6 is 12.4 Å². The normalized spacial score (nSPS) is 32.6. The summed E-state index contributed by atoms with van der Waals surface area (Å²) in [7, 11) is 0. The van der Waals surface area contributed by atoms with Crippen LogP contribution in [-0.2, 0) is 0 Å². The van der Waals surface area contributed by atoms with Gasteiger partial charge in [0.1, 0.15) is 5.84 Å². The maximum atomic E-state index is 9.88. The maximum Gasteiger partial charge on any atom is 0.203 e. The van der Waals surface area contributed by atoms with Gasteiger partial charge in [-0.25, -0.2) is 4.99 Å². The van der Waals surface area contributed by atoms with E-state index in [4.69, 9.17) is 0 Å². The average Bonchev–Trinajstić information content (AvgIpc) is 2.38. The molecule has 0 aromatic heterocycles. The first-order valence-corrected chi connectivity index (χ1v) is 4.81. The highest BCUT2D eigenvalue weighted by Crippen LogP contribution is 2.27. The SMILES string of the molecule is CC1(O)N=C(c2ccccc2)NC1(C)O.Cl. The summed E-state index contributed by atoms with van der Waals surface area (Å²) in [5.41, 5.74) is -2.09. The molecule has 2 rings (SSSR count). The van der Waals surface area contributed by atoms with Crippen molar-refractivity contribution in [1.82, 2.24) is 5.32 Å². The Morgan fingerprint density at radius 1 is 1.12 bits per heavy atom. The number of nitrogens with zero attached hydrogens (tertiary/aromatic N) is 1. The lowest BCUT2D eigenvalue weighted by Gasteiger charge is -2.29. The smallest absolute Gasteiger partial charge is 0.203 e. The molecule has 1 aliphatic rings. The predicted molar refractivity (Wildman–Crippen MR) is 64.6 cm³/mol. The fraction of sp³-hybridized carbons (Fsp3) is 0.364. The highest BCUT2D eigenvalue weighted by Gasteiger charge is 2.47. The minimum Gasteiger partial charge on any atom is -0.367 e. The number of aliphatic hydroxyl groups is 2. The molecule has 1 aliphatic heterocycles. The van der Waals surface area contributed by atoms with Crippen LogP contribution in [0.15, 0.2) is 35.3 Å². The van der Waals surface area contributed by atoms with Crippen molar-refractivity contribution in [3.63, 3.8) is 0 Å². The van der Waals surface area contributed by atoms with Crippen LogP contribution in [0.25, 0.3) is 0 Å². The lowest BCUT2D eigenvalue weighted by Crippen LogP contribution is -2.54. The number of benzene rings is 1. The van der Waals surface area contributed by atoms with E-state index < -0.39 is 11.4 Å². The van der Waals surface area contributed by atoms with Crippen LogP contribution < -0.4 is 5.32 Å². The number of aliphatic imine (C=N–C) groups is 1. The van der Waals surface area contributed by atoms with Gasteiger partial charge in [0.05, 0.1) is 0 Å². The number of nitrogens with one attached hydrogen (secondary N) is 1. The Morgan fingerprint density at radius 2 is 1.69 bits per heavy atom.